The molecule has 0 bridgehead atoms. The number of nitrogens with zero attached hydrogens (tertiary/aromatic N) is 2. The smallest absolute Gasteiger partial charge is 0.238 e. The number of benzene rings is 1. The van der Waals surface area contributed by atoms with Crippen molar-refractivity contribution in [2.24, 2.45) is 5.92 Å². The second-order valence-electron chi connectivity index (χ2n) is 6.15. The van der Waals surface area contributed by atoms with E-state index in [1.165, 1.54) is 12.8 Å². The van der Waals surface area contributed by atoms with Crippen LogP contribution >= 0.6 is 15.9 Å². The third-order valence-corrected chi connectivity index (χ3v) is 4.96. The van der Waals surface area contributed by atoms with E-state index >= 15 is 0 Å². The van der Waals surface area contributed by atoms with Gasteiger partial charge in [0.15, 0.2) is 0 Å². The number of amides is 1. The zero-order valence-corrected chi connectivity index (χ0v) is 14.1. The molecule has 1 aliphatic carbocycles. The number of hydrogen-bond acceptors (Lipinski definition) is 3. The first-order valence-electron chi connectivity index (χ1n) is 7.88. The predicted octanol–water partition coefficient (Wildman–Crippen LogP) is 3.00. The Morgan fingerprint density at radius 2 is 2.09 bits per heavy atom. The molecule has 1 N–H and O–H groups in total. The average molecular weight is 362 g/mol. The Morgan fingerprint density at radius 1 is 1.36 bits per heavy atom. The van der Waals surface area contributed by atoms with Gasteiger partial charge in [0, 0.05) is 4.47 Å². The largest absolute Gasteiger partial charge is 0.335 e. The lowest BCUT2D eigenvalue weighted by molar-refractivity contribution is -0.127. The molecule has 1 saturated heterocycles. The molecule has 22 heavy (non-hydrogen) atoms. The molecular formula is C17H20BrN3O. The molecule has 4 nitrogen and oxygen atoms in total. The number of carbonyl (C=O) groups is 1. The van der Waals surface area contributed by atoms with E-state index < -0.39 is 6.04 Å². The SMILES string of the molecule is N#CC(NC(=O)C(C1CC1)N1CCCC1)c1cccc(Br)c1. The molecule has 5 heteroatoms. The zero-order valence-electron chi connectivity index (χ0n) is 12.5. The summed E-state index contributed by atoms with van der Waals surface area (Å²) in [5, 5.41) is 12.4. The Kier molecular flexibility index (Phi) is 4.80. The molecule has 1 aromatic carbocycles. The van der Waals surface area contributed by atoms with Crippen molar-refractivity contribution < 1.29 is 4.79 Å². The summed E-state index contributed by atoms with van der Waals surface area (Å²) in [6, 6.07) is 9.13. The highest BCUT2D eigenvalue weighted by Gasteiger charge is 2.41. The van der Waals surface area contributed by atoms with Gasteiger partial charge in [-0.25, -0.2) is 0 Å². The molecule has 0 radical (unpaired) electrons. The second-order valence-corrected chi connectivity index (χ2v) is 7.07. The van der Waals surface area contributed by atoms with E-state index in [4.69, 9.17) is 0 Å². The lowest BCUT2D eigenvalue weighted by atomic mass is 10.1. The van der Waals surface area contributed by atoms with E-state index in [0.29, 0.717) is 5.92 Å². The first kappa shape index (κ1) is 15.5. The van der Waals surface area contributed by atoms with Crippen LogP contribution in [0.25, 0.3) is 0 Å². The molecule has 1 aromatic rings. The molecule has 116 valence electrons. The van der Waals surface area contributed by atoms with Gasteiger partial charge in [0.2, 0.25) is 5.91 Å². The van der Waals surface area contributed by atoms with Crippen LogP contribution in [0.2, 0.25) is 0 Å². The first-order valence-corrected chi connectivity index (χ1v) is 8.68. The maximum absolute atomic E-state index is 12.7. The van der Waals surface area contributed by atoms with E-state index in [-0.39, 0.29) is 11.9 Å². The van der Waals surface area contributed by atoms with Crippen molar-refractivity contribution >= 4 is 21.8 Å². The molecule has 0 spiro atoms. The normalized spacial score (nSPS) is 21.1. The van der Waals surface area contributed by atoms with E-state index in [0.717, 1.165) is 36.0 Å². The minimum absolute atomic E-state index is 0.0101. The summed E-state index contributed by atoms with van der Waals surface area (Å²) in [6.07, 6.45) is 4.60. The average Bonchev–Trinajstić information content (AvgIpc) is 3.19. The fourth-order valence-electron chi connectivity index (χ4n) is 3.21. The lowest BCUT2D eigenvalue weighted by Gasteiger charge is -2.27. The Labute approximate surface area is 139 Å². The first-order chi connectivity index (χ1) is 10.7. The number of rotatable bonds is 5. The van der Waals surface area contributed by atoms with Crippen LogP contribution < -0.4 is 5.32 Å². The number of nitriles is 1. The van der Waals surface area contributed by atoms with Gasteiger partial charge in [0.1, 0.15) is 6.04 Å². The predicted molar refractivity (Wildman–Crippen MR) is 88.0 cm³/mol. The summed E-state index contributed by atoms with van der Waals surface area (Å²) < 4.78 is 0.915. The summed E-state index contributed by atoms with van der Waals surface area (Å²) in [4.78, 5) is 15.0. The van der Waals surface area contributed by atoms with Crippen molar-refractivity contribution in [2.75, 3.05) is 13.1 Å². The van der Waals surface area contributed by atoms with Gasteiger partial charge in [-0.05, 0) is 62.4 Å². The van der Waals surface area contributed by atoms with Crippen LogP contribution in [0.4, 0.5) is 0 Å². The zero-order chi connectivity index (χ0) is 15.5. The van der Waals surface area contributed by atoms with Crippen LogP contribution in [0, 0.1) is 17.2 Å². The van der Waals surface area contributed by atoms with Crippen molar-refractivity contribution in [3.63, 3.8) is 0 Å². The monoisotopic (exact) mass is 361 g/mol. The number of carbonyl (C=O) groups excluding carboxylic acids is 1. The Hall–Kier alpha value is -1.38. The van der Waals surface area contributed by atoms with Gasteiger partial charge in [-0.3, -0.25) is 9.69 Å². The van der Waals surface area contributed by atoms with Gasteiger partial charge in [-0.1, -0.05) is 28.1 Å². The van der Waals surface area contributed by atoms with Gasteiger partial charge >= 0.3 is 0 Å². The maximum Gasteiger partial charge on any atom is 0.238 e. The third-order valence-electron chi connectivity index (χ3n) is 4.47. The van der Waals surface area contributed by atoms with Crippen LogP contribution in [0.5, 0.6) is 0 Å². The summed E-state index contributed by atoms with van der Waals surface area (Å²) in [5.41, 5.74) is 0.821. The number of halogens is 1. The minimum atomic E-state index is -0.589. The van der Waals surface area contributed by atoms with Crippen molar-refractivity contribution in [1.29, 1.82) is 5.26 Å². The van der Waals surface area contributed by atoms with Crippen LogP contribution in [0.15, 0.2) is 28.7 Å². The van der Waals surface area contributed by atoms with Gasteiger partial charge in [-0.2, -0.15) is 5.26 Å². The molecule has 3 rings (SSSR count). The summed E-state index contributed by atoms with van der Waals surface area (Å²) in [6.45, 7) is 2.01. The van der Waals surface area contributed by atoms with Crippen molar-refractivity contribution in [3.05, 3.63) is 34.3 Å². The molecule has 1 aliphatic heterocycles. The van der Waals surface area contributed by atoms with Crippen LogP contribution in [0.1, 0.15) is 37.3 Å². The van der Waals surface area contributed by atoms with E-state index in [2.05, 4.69) is 32.2 Å². The molecule has 1 saturated carbocycles. The standard InChI is InChI=1S/C17H20BrN3O/c18-14-5-3-4-13(10-14)15(11-19)20-17(22)16(12-6-7-12)21-8-1-2-9-21/h3-5,10,12,15-16H,1-2,6-9H2,(H,20,22). The summed E-state index contributed by atoms with van der Waals surface area (Å²) in [7, 11) is 0. The summed E-state index contributed by atoms with van der Waals surface area (Å²) in [5.74, 6) is 0.482. The van der Waals surface area contributed by atoms with Gasteiger partial charge in [-0.15, -0.1) is 0 Å². The maximum atomic E-state index is 12.7. The van der Waals surface area contributed by atoms with Crippen molar-refractivity contribution in [2.45, 2.75) is 37.8 Å². The molecule has 1 heterocycles. The van der Waals surface area contributed by atoms with Crippen molar-refractivity contribution in [1.82, 2.24) is 10.2 Å². The Morgan fingerprint density at radius 3 is 2.68 bits per heavy atom. The molecule has 0 aromatic heterocycles. The van der Waals surface area contributed by atoms with Crippen molar-refractivity contribution in [3.8, 4) is 6.07 Å². The topological polar surface area (TPSA) is 56.1 Å². The Bertz CT molecular complexity index is 588. The van der Waals surface area contributed by atoms with Crippen LogP contribution in [0.3, 0.4) is 0 Å². The molecule has 2 unspecified atom stereocenters. The second kappa shape index (κ2) is 6.80. The molecular weight excluding hydrogens is 342 g/mol. The number of nitrogens with one attached hydrogen (secondary N) is 1. The van der Waals surface area contributed by atoms with Gasteiger partial charge in [0.05, 0.1) is 12.1 Å². The molecule has 2 fully saturated rings. The van der Waals surface area contributed by atoms with E-state index in [9.17, 15) is 10.1 Å². The van der Waals surface area contributed by atoms with E-state index in [1.54, 1.807) is 0 Å². The highest BCUT2D eigenvalue weighted by Crippen LogP contribution is 2.37. The highest BCUT2D eigenvalue weighted by molar-refractivity contribution is 9.10. The lowest BCUT2D eigenvalue weighted by Crippen LogP contribution is -2.47. The van der Waals surface area contributed by atoms with E-state index in [1.807, 2.05) is 24.3 Å². The molecule has 2 aliphatic rings. The van der Waals surface area contributed by atoms with Crippen LogP contribution in [-0.2, 0) is 4.79 Å². The number of likely N-dealkylation sites (tertiary alicyclic amines) is 1. The summed E-state index contributed by atoms with van der Waals surface area (Å²) >= 11 is 3.41. The minimum Gasteiger partial charge on any atom is -0.335 e. The fraction of sp³-hybridized carbons (Fsp3) is 0.529. The van der Waals surface area contributed by atoms with Crippen LogP contribution in [-0.4, -0.2) is 29.9 Å². The number of hydrogen-bond donors (Lipinski definition) is 1. The van der Waals surface area contributed by atoms with Gasteiger partial charge < -0.3 is 5.32 Å². The molecule has 2 atom stereocenters. The molecule has 1 amide bonds. The quantitative estimate of drug-likeness (QED) is 0.876. The fourth-order valence-corrected chi connectivity index (χ4v) is 3.63. The highest BCUT2D eigenvalue weighted by atomic mass is 79.9. The Balaban J connectivity index is 1.72. The third kappa shape index (κ3) is 3.50. The van der Waals surface area contributed by atoms with Gasteiger partial charge in [0.25, 0.3) is 0 Å².